The van der Waals surface area contributed by atoms with Gasteiger partial charge in [-0.05, 0) is 19.1 Å². The van der Waals surface area contributed by atoms with Crippen LogP contribution in [0, 0.1) is 12.7 Å². The molecule has 0 atom stereocenters. The lowest BCUT2D eigenvalue weighted by Crippen LogP contribution is -2.30. The molecule has 0 aliphatic heterocycles. The highest BCUT2D eigenvalue weighted by molar-refractivity contribution is 7.09. The van der Waals surface area contributed by atoms with Crippen molar-refractivity contribution in [3.8, 4) is 0 Å². The molecule has 2 rings (SSSR count). The summed E-state index contributed by atoms with van der Waals surface area (Å²) in [6, 6.07) is 5.69. The minimum atomic E-state index is -0.661. The van der Waals surface area contributed by atoms with Gasteiger partial charge in [-0.15, -0.1) is 11.3 Å². The van der Waals surface area contributed by atoms with E-state index in [4.69, 9.17) is 0 Å². The first kappa shape index (κ1) is 16.1. The number of benzene rings is 1. The molecule has 116 valence electrons. The third-order valence-corrected chi connectivity index (χ3v) is 3.88. The molecule has 1 heterocycles. The van der Waals surface area contributed by atoms with Crippen molar-refractivity contribution < 1.29 is 14.0 Å². The fraction of sp³-hybridized carbons (Fsp3) is 0.267. The van der Waals surface area contributed by atoms with Gasteiger partial charge in [0, 0.05) is 25.2 Å². The number of rotatable bonds is 3. The smallest absolute Gasteiger partial charge is 0.282 e. The number of hydrogen-bond acceptors (Lipinski definition) is 3. The van der Waals surface area contributed by atoms with Gasteiger partial charge in [-0.1, -0.05) is 12.1 Å². The van der Waals surface area contributed by atoms with Crippen molar-refractivity contribution in [2.24, 2.45) is 4.99 Å². The molecule has 2 aromatic rings. The fourth-order valence-corrected chi connectivity index (χ4v) is 2.60. The Morgan fingerprint density at radius 2 is 2.00 bits per heavy atom. The maximum Gasteiger partial charge on any atom is 0.282 e. The lowest BCUT2D eigenvalue weighted by molar-refractivity contribution is -0.129. The van der Waals surface area contributed by atoms with Crippen LogP contribution in [0.1, 0.15) is 15.2 Å². The molecule has 0 saturated carbocycles. The zero-order valence-corrected chi connectivity index (χ0v) is 13.4. The van der Waals surface area contributed by atoms with Gasteiger partial charge >= 0.3 is 0 Å². The molecular weight excluding hydrogens is 305 g/mol. The molecular formula is C15H16FN3O2S. The van der Waals surface area contributed by atoms with E-state index in [-0.39, 0.29) is 18.0 Å². The second-order valence-corrected chi connectivity index (χ2v) is 6.15. The number of aryl methyl sites for hydroxylation is 1. The van der Waals surface area contributed by atoms with Crippen LogP contribution in [0.3, 0.4) is 0 Å². The molecule has 0 unspecified atom stereocenters. The minimum absolute atomic E-state index is 0.0841. The normalized spacial score (nSPS) is 11.5. The fourth-order valence-electron chi connectivity index (χ4n) is 1.77. The van der Waals surface area contributed by atoms with E-state index in [0.29, 0.717) is 4.80 Å². The largest absolute Gasteiger partial charge is 0.347 e. The number of halogens is 1. The van der Waals surface area contributed by atoms with Crippen molar-refractivity contribution in [1.82, 2.24) is 9.47 Å². The highest BCUT2D eigenvalue weighted by atomic mass is 32.1. The van der Waals surface area contributed by atoms with Crippen molar-refractivity contribution in [1.29, 1.82) is 0 Å². The predicted octanol–water partition coefficient (Wildman–Crippen LogP) is 1.83. The van der Waals surface area contributed by atoms with E-state index in [0.717, 1.165) is 4.88 Å². The third-order valence-electron chi connectivity index (χ3n) is 2.94. The molecule has 22 heavy (non-hydrogen) atoms. The molecule has 1 aromatic heterocycles. The lowest BCUT2D eigenvalue weighted by Gasteiger charge is -2.10. The SMILES string of the molecule is Cc1cn(CC(=O)N(C)C)c(=NC(=O)c2ccccc2F)s1. The Bertz CT molecular complexity index is 777. The Morgan fingerprint density at radius 1 is 1.32 bits per heavy atom. The average molecular weight is 321 g/mol. The van der Waals surface area contributed by atoms with E-state index in [1.807, 2.05) is 6.92 Å². The number of thiazole rings is 1. The van der Waals surface area contributed by atoms with E-state index >= 15 is 0 Å². The van der Waals surface area contributed by atoms with E-state index in [1.54, 1.807) is 30.9 Å². The Labute approximate surface area is 131 Å². The second kappa shape index (κ2) is 6.65. The molecule has 0 fully saturated rings. The average Bonchev–Trinajstić information content (AvgIpc) is 2.78. The second-order valence-electron chi connectivity index (χ2n) is 4.94. The van der Waals surface area contributed by atoms with Crippen molar-refractivity contribution in [2.75, 3.05) is 14.1 Å². The Balaban J connectivity index is 2.38. The summed E-state index contributed by atoms with van der Waals surface area (Å²) in [5.74, 6) is -1.39. The summed E-state index contributed by atoms with van der Waals surface area (Å²) < 4.78 is 15.2. The Morgan fingerprint density at radius 3 is 2.64 bits per heavy atom. The van der Waals surface area contributed by atoms with Crippen LogP contribution in [0.25, 0.3) is 0 Å². The topological polar surface area (TPSA) is 54.7 Å². The monoisotopic (exact) mass is 321 g/mol. The van der Waals surface area contributed by atoms with Crippen LogP contribution in [0.4, 0.5) is 4.39 Å². The lowest BCUT2D eigenvalue weighted by atomic mass is 10.2. The quantitative estimate of drug-likeness (QED) is 0.866. The predicted molar refractivity (Wildman–Crippen MR) is 82.0 cm³/mol. The van der Waals surface area contributed by atoms with Crippen molar-refractivity contribution in [3.05, 3.63) is 51.5 Å². The summed E-state index contributed by atoms with van der Waals surface area (Å²) >= 11 is 1.28. The highest BCUT2D eigenvalue weighted by Gasteiger charge is 2.12. The van der Waals surface area contributed by atoms with Crippen LogP contribution in [-0.4, -0.2) is 35.4 Å². The van der Waals surface area contributed by atoms with Crippen molar-refractivity contribution >= 4 is 23.2 Å². The summed E-state index contributed by atoms with van der Waals surface area (Å²) in [4.78, 5) is 30.6. The van der Waals surface area contributed by atoms with Crippen molar-refractivity contribution in [3.63, 3.8) is 0 Å². The van der Waals surface area contributed by atoms with Gasteiger partial charge in [-0.25, -0.2) is 4.39 Å². The van der Waals surface area contributed by atoms with E-state index in [2.05, 4.69) is 4.99 Å². The molecule has 0 aliphatic rings. The molecule has 0 spiro atoms. The summed E-state index contributed by atoms with van der Waals surface area (Å²) in [7, 11) is 3.31. The van der Waals surface area contributed by atoms with Gasteiger partial charge in [0.1, 0.15) is 12.4 Å². The molecule has 0 saturated heterocycles. The summed E-state index contributed by atoms with van der Waals surface area (Å²) in [5, 5.41) is 0. The first-order valence-corrected chi connectivity index (χ1v) is 7.40. The molecule has 0 N–H and O–H groups in total. The number of amides is 2. The van der Waals surface area contributed by atoms with Crippen LogP contribution in [0.2, 0.25) is 0 Å². The van der Waals surface area contributed by atoms with Crippen LogP contribution in [0.5, 0.6) is 0 Å². The van der Waals surface area contributed by atoms with Gasteiger partial charge in [0.15, 0.2) is 4.80 Å². The van der Waals surface area contributed by atoms with Crippen molar-refractivity contribution in [2.45, 2.75) is 13.5 Å². The standard InChI is InChI=1S/C15H16FN3O2S/c1-10-8-19(9-13(20)18(2)3)15(22-10)17-14(21)11-6-4-5-7-12(11)16/h4-8H,9H2,1-3H3. The highest BCUT2D eigenvalue weighted by Crippen LogP contribution is 2.08. The molecule has 0 aliphatic carbocycles. The number of likely N-dealkylation sites (N-methyl/N-ethyl adjacent to an activating group) is 1. The minimum Gasteiger partial charge on any atom is -0.347 e. The maximum absolute atomic E-state index is 13.6. The number of carbonyl (C=O) groups excluding carboxylic acids is 2. The van der Waals surface area contributed by atoms with Gasteiger partial charge in [-0.3, -0.25) is 9.59 Å². The maximum atomic E-state index is 13.6. The summed E-state index contributed by atoms with van der Waals surface area (Å²) in [5.41, 5.74) is -0.0842. The third kappa shape index (κ3) is 3.67. The Kier molecular flexibility index (Phi) is 4.87. The van der Waals surface area contributed by atoms with Gasteiger partial charge in [0.2, 0.25) is 5.91 Å². The summed E-state index contributed by atoms with van der Waals surface area (Å²) in [6.45, 7) is 1.94. The first-order valence-electron chi connectivity index (χ1n) is 6.59. The molecule has 1 aromatic carbocycles. The zero-order valence-electron chi connectivity index (χ0n) is 12.5. The first-order chi connectivity index (χ1) is 10.4. The summed E-state index contributed by atoms with van der Waals surface area (Å²) in [6.07, 6.45) is 1.75. The molecule has 2 amide bonds. The molecule has 0 radical (unpaired) electrons. The van der Waals surface area contributed by atoms with Gasteiger partial charge < -0.3 is 9.47 Å². The van der Waals surface area contributed by atoms with Crippen LogP contribution < -0.4 is 4.80 Å². The number of carbonyl (C=O) groups is 2. The van der Waals surface area contributed by atoms with E-state index < -0.39 is 11.7 Å². The van der Waals surface area contributed by atoms with E-state index in [1.165, 1.54) is 34.4 Å². The molecule has 0 bridgehead atoms. The molecule has 5 nitrogen and oxygen atoms in total. The number of aromatic nitrogens is 1. The van der Waals surface area contributed by atoms with Crippen LogP contribution in [-0.2, 0) is 11.3 Å². The van der Waals surface area contributed by atoms with E-state index in [9.17, 15) is 14.0 Å². The van der Waals surface area contributed by atoms with Crippen LogP contribution >= 0.6 is 11.3 Å². The molecule has 7 heteroatoms. The number of nitrogens with zero attached hydrogens (tertiary/aromatic N) is 3. The van der Waals surface area contributed by atoms with Gasteiger partial charge in [0.05, 0.1) is 5.56 Å². The number of hydrogen-bond donors (Lipinski definition) is 0. The van der Waals surface area contributed by atoms with Gasteiger partial charge in [-0.2, -0.15) is 4.99 Å². The zero-order chi connectivity index (χ0) is 16.3. The Hall–Kier alpha value is -2.28. The van der Waals surface area contributed by atoms with Gasteiger partial charge in [0.25, 0.3) is 5.91 Å². The van der Waals surface area contributed by atoms with Crippen LogP contribution in [0.15, 0.2) is 35.5 Å².